The van der Waals surface area contributed by atoms with E-state index in [9.17, 15) is 4.79 Å². The average Bonchev–Trinajstić information content (AvgIpc) is 2.41. The molecule has 1 amide bonds. The first kappa shape index (κ1) is 15.1. The molecule has 2 aromatic carbocycles. The Balaban J connectivity index is 1.86. The fraction of sp³-hybridized carbons (Fsp3) is 0.235. The number of nitrogens with one attached hydrogen (secondary N) is 1. The van der Waals surface area contributed by atoms with Crippen LogP contribution >= 0.6 is 0 Å². The molecule has 0 aliphatic heterocycles. The monoisotopic (exact) mass is 283 g/mol. The Bertz CT molecular complexity index is 608. The SMILES string of the molecule is Cc1ccc(CN(C)CC(=O)Nc2cccc(N)c2)cc1. The molecule has 0 saturated heterocycles. The highest BCUT2D eigenvalue weighted by molar-refractivity contribution is 5.92. The van der Waals surface area contributed by atoms with Crippen LogP contribution in [0, 0.1) is 6.92 Å². The largest absolute Gasteiger partial charge is 0.399 e. The zero-order valence-electron chi connectivity index (χ0n) is 12.5. The van der Waals surface area contributed by atoms with Crippen molar-refractivity contribution >= 4 is 17.3 Å². The number of carbonyl (C=O) groups excluding carboxylic acids is 1. The van der Waals surface area contributed by atoms with Crippen molar-refractivity contribution in [2.45, 2.75) is 13.5 Å². The van der Waals surface area contributed by atoms with E-state index in [-0.39, 0.29) is 5.91 Å². The molecular weight excluding hydrogens is 262 g/mol. The summed E-state index contributed by atoms with van der Waals surface area (Å²) < 4.78 is 0. The summed E-state index contributed by atoms with van der Waals surface area (Å²) in [5, 5.41) is 2.85. The molecule has 0 bridgehead atoms. The van der Waals surface area contributed by atoms with E-state index in [2.05, 4.69) is 36.5 Å². The molecule has 21 heavy (non-hydrogen) atoms. The molecule has 0 heterocycles. The smallest absolute Gasteiger partial charge is 0.238 e. The number of benzene rings is 2. The van der Waals surface area contributed by atoms with Crippen LogP contribution in [0.5, 0.6) is 0 Å². The van der Waals surface area contributed by atoms with Gasteiger partial charge in [-0.1, -0.05) is 35.9 Å². The quantitative estimate of drug-likeness (QED) is 0.829. The molecule has 0 atom stereocenters. The van der Waals surface area contributed by atoms with Gasteiger partial charge in [-0.15, -0.1) is 0 Å². The standard InChI is InChI=1S/C17H21N3O/c1-13-6-8-14(9-7-13)11-20(2)12-17(21)19-16-5-3-4-15(18)10-16/h3-10H,11-12,18H2,1-2H3,(H,19,21). The van der Waals surface area contributed by atoms with Gasteiger partial charge in [0.15, 0.2) is 0 Å². The molecule has 0 fully saturated rings. The van der Waals surface area contributed by atoms with Crippen molar-refractivity contribution in [3.8, 4) is 0 Å². The van der Waals surface area contributed by atoms with E-state index in [0.717, 1.165) is 12.2 Å². The first-order chi connectivity index (χ1) is 10.0. The first-order valence-electron chi connectivity index (χ1n) is 6.92. The fourth-order valence-electron chi connectivity index (χ4n) is 2.12. The van der Waals surface area contributed by atoms with Crippen molar-refractivity contribution in [2.24, 2.45) is 0 Å². The number of nitrogen functional groups attached to an aromatic ring is 1. The molecule has 4 heteroatoms. The fourth-order valence-corrected chi connectivity index (χ4v) is 2.12. The van der Waals surface area contributed by atoms with Crippen LogP contribution in [0.3, 0.4) is 0 Å². The zero-order chi connectivity index (χ0) is 15.2. The van der Waals surface area contributed by atoms with E-state index >= 15 is 0 Å². The Hall–Kier alpha value is -2.33. The predicted molar refractivity (Wildman–Crippen MR) is 87.0 cm³/mol. The number of nitrogens with zero attached hydrogens (tertiary/aromatic N) is 1. The maximum absolute atomic E-state index is 12.0. The topological polar surface area (TPSA) is 58.4 Å². The van der Waals surface area contributed by atoms with Crippen LogP contribution in [-0.2, 0) is 11.3 Å². The molecule has 110 valence electrons. The second-order valence-corrected chi connectivity index (χ2v) is 5.33. The highest BCUT2D eigenvalue weighted by Crippen LogP contribution is 2.12. The number of nitrogens with two attached hydrogens (primary N) is 1. The number of hydrogen-bond acceptors (Lipinski definition) is 3. The number of rotatable bonds is 5. The van der Waals surface area contributed by atoms with E-state index < -0.39 is 0 Å². The zero-order valence-corrected chi connectivity index (χ0v) is 12.5. The van der Waals surface area contributed by atoms with Crippen molar-refractivity contribution < 1.29 is 4.79 Å². The van der Waals surface area contributed by atoms with Gasteiger partial charge in [0.05, 0.1) is 6.54 Å². The second kappa shape index (κ2) is 6.90. The van der Waals surface area contributed by atoms with Gasteiger partial charge >= 0.3 is 0 Å². The molecular formula is C17H21N3O. The molecule has 0 aromatic heterocycles. The van der Waals surface area contributed by atoms with Gasteiger partial charge < -0.3 is 11.1 Å². The highest BCUT2D eigenvalue weighted by Gasteiger charge is 2.07. The van der Waals surface area contributed by atoms with E-state index in [1.807, 2.05) is 24.1 Å². The number of likely N-dealkylation sites (N-methyl/N-ethyl adjacent to an activating group) is 1. The van der Waals surface area contributed by atoms with Crippen LogP contribution in [0.15, 0.2) is 48.5 Å². The molecule has 2 aromatic rings. The summed E-state index contributed by atoms with van der Waals surface area (Å²) in [6.45, 7) is 3.14. The molecule has 2 rings (SSSR count). The molecule has 0 aliphatic rings. The van der Waals surface area contributed by atoms with Crippen LogP contribution < -0.4 is 11.1 Å². The summed E-state index contributed by atoms with van der Waals surface area (Å²) in [4.78, 5) is 14.0. The van der Waals surface area contributed by atoms with Crippen LogP contribution in [-0.4, -0.2) is 24.4 Å². The highest BCUT2D eigenvalue weighted by atomic mass is 16.2. The predicted octanol–water partition coefficient (Wildman–Crippen LogP) is 2.65. The first-order valence-corrected chi connectivity index (χ1v) is 6.92. The van der Waals surface area contributed by atoms with Gasteiger partial charge in [-0.3, -0.25) is 9.69 Å². The molecule has 0 unspecified atom stereocenters. The van der Waals surface area contributed by atoms with Crippen LogP contribution in [0.2, 0.25) is 0 Å². The Morgan fingerprint density at radius 1 is 1.19 bits per heavy atom. The molecule has 3 N–H and O–H groups in total. The molecule has 0 radical (unpaired) electrons. The van der Waals surface area contributed by atoms with Crippen molar-refractivity contribution in [1.82, 2.24) is 4.90 Å². The minimum Gasteiger partial charge on any atom is -0.399 e. The molecule has 0 aliphatic carbocycles. The van der Waals surface area contributed by atoms with Gasteiger partial charge in [-0.05, 0) is 37.7 Å². The normalized spacial score (nSPS) is 10.6. The Labute approximate surface area is 125 Å². The van der Waals surface area contributed by atoms with Crippen LogP contribution in [0.25, 0.3) is 0 Å². The maximum Gasteiger partial charge on any atom is 0.238 e. The lowest BCUT2D eigenvalue weighted by molar-refractivity contribution is -0.117. The molecule has 4 nitrogen and oxygen atoms in total. The van der Waals surface area contributed by atoms with Gasteiger partial charge in [0.1, 0.15) is 0 Å². The van der Waals surface area contributed by atoms with Gasteiger partial charge in [0.25, 0.3) is 0 Å². The Kier molecular flexibility index (Phi) is 4.95. The third-order valence-corrected chi connectivity index (χ3v) is 3.16. The van der Waals surface area contributed by atoms with Crippen LogP contribution in [0.1, 0.15) is 11.1 Å². The average molecular weight is 283 g/mol. The summed E-state index contributed by atoms with van der Waals surface area (Å²) in [5.41, 5.74) is 9.48. The maximum atomic E-state index is 12.0. The number of hydrogen-bond donors (Lipinski definition) is 2. The van der Waals surface area contributed by atoms with E-state index in [0.29, 0.717) is 12.2 Å². The number of amides is 1. The summed E-state index contributed by atoms with van der Waals surface area (Å²) in [6.07, 6.45) is 0. The van der Waals surface area contributed by atoms with Gasteiger partial charge in [0.2, 0.25) is 5.91 Å². The third-order valence-electron chi connectivity index (χ3n) is 3.16. The third kappa shape index (κ3) is 4.93. The number of carbonyl (C=O) groups is 1. The minimum absolute atomic E-state index is 0.0461. The van der Waals surface area contributed by atoms with Gasteiger partial charge in [-0.2, -0.15) is 0 Å². The van der Waals surface area contributed by atoms with E-state index in [4.69, 9.17) is 5.73 Å². The summed E-state index contributed by atoms with van der Waals surface area (Å²) in [6, 6.07) is 15.5. The van der Waals surface area contributed by atoms with Gasteiger partial charge in [0, 0.05) is 17.9 Å². The number of anilines is 2. The summed E-state index contributed by atoms with van der Waals surface area (Å²) in [7, 11) is 1.93. The van der Waals surface area contributed by atoms with Crippen molar-refractivity contribution in [2.75, 3.05) is 24.6 Å². The van der Waals surface area contributed by atoms with E-state index in [1.54, 1.807) is 12.1 Å². The Morgan fingerprint density at radius 2 is 1.90 bits per heavy atom. The summed E-state index contributed by atoms with van der Waals surface area (Å²) in [5.74, 6) is -0.0461. The Morgan fingerprint density at radius 3 is 2.57 bits per heavy atom. The lowest BCUT2D eigenvalue weighted by atomic mass is 10.1. The van der Waals surface area contributed by atoms with Crippen LogP contribution in [0.4, 0.5) is 11.4 Å². The van der Waals surface area contributed by atoms with E-state index in [1.165, 1.54) is 11.1 Å². The van der Waals surface area contributed by atoms with Crippen molar-refractivity contribution in [3.05, 3.63) is 59.7 Å². The molecule has 0 spiro atoms. The lowest BCUT2D eigenvalue weighted by Crippen LogP contribution is -2.29. The minimum atomic E-state index is -0.0461. The summed E-state index contributed by atoms with van der Waals surface area (Å²) >= 11 is 0. The molecule has 0 saturated carbocycles. The van der Waals surface area contributed by atoms with Gasteiger partial charge in [-0.25, -0.2) is 0 Å². The number of aryl methyl sites for hydroxylation is 1. The van der Waals surface area contributed by atoms with Crippen molar-refractivity contribution in [3.63, 3.8) is 0 Å². The lowest BCUT2D eigenvalue weighted by Gasteiger charge is -2.16. The second-order valence-electron chi connectivity index (χ2n) is 5.33. The van der Waals surface area contributed by atoms with Crippen molar-refractivity contribution in [1.29, 1.82) is 0 Å².